The molecule has 10 heteroatoms. The number of nitro groups is 1. The van der Waals surface area contributed by atoms with Crippen molar-refractivity contribution in [3.05, 3.63) is 69.1 Å². The van der Waals surface area contributed by atoms with Crippen molar-refractivity contribution >= 4 is 28.1 Å². The molecule has 0 aliphatic rings. The number of amides is 1. The van der Waals surface area contributed by atoms with Gasteiger partial charge in [-0.3, -0.25) is 20.2 Å². The van der Waals surface area contributed by atoms with E-state index in [4.69, 9.17) is 0 Å². The van der Waals surface area contributed by atoms with Crippen LogP contribution < -0.4 is 10.1 Å². The lowest BCUT2D eigenvalue weighted by molar-refractivity contribution is -0.385. The van der Waals surface area contributed by atoms with E-state index < -0.39 is 17.4 Å². The highest BCUT2D eigenvalue weighted by Gasteiger charge is 2.15. The second-order valence-corrected chi connectivity index (χ2v) is 6.51. The first-order valence-electron chi connectivity index (χ1n) is 7.90. The quantitative estimate of drug-likeness (QED) is 0.466. The minimum absolute atomic E-state index is 0.0214. The highest BCUT2D eigenvalue weighted by atomic mass is 32.1. The smallest absolute Gasteiger partial charge is 0.387 e. The zero-order valence-electron chi connectivity index (χ0n) is 14.4. The van der Waals surface area contributed by atoms with Gasteiger partial charge in [-0.15, -0.1) is 11.3 Å². The van der Waals surface area contributed by atoms with Gasteiger partial charge in [0.25, 0.3) is 11.6 Å². The lowest BCUT2D eigenvalue weighted by atomic mass is 10.1. The number of anilines is 1. The first-order valence-corrected chi connectivity index (χ1v) is 8.78. The third kappa shape index (κ3) is 4.46. The van der Waals surface area contributed by atoms with Crippen molar-refractivity contribution < 1.29 is 23.2 Å². The molecule has 2 aromatic carbocycles. The summed E-state index contributed by atoms with van der Waals surface area (Å²) in [7, 11) is 0. The highest BCUT2D eigenvalue weighted by molar-refractivity contribution is 7.14. The van der Waals surface area contributed by atoms with E-state index in [1.807, 2.05) is 0 Å². The molecule has 0 spiro atoms. The molecule has 0 atom stereocenters. The molecule has 0 saturated heterocycles. The number of carbonyl (C=O) groups is 1. The molecular formula is C18H13F2N3O4S. The second-order valence-electron chi connectivity index (χ2n) is 5.66. The number of aryl methyl sites for hydroxylation is 1. The fourth-order valence-electron chi connectivity index (χ4n) is 2.41. The first kappa shape index (κ1) is 19.4. The van der Waals surface area contributed by atoms with Crippen LogP contribution in [0.15, 0.2) is 47.8 Å². The molecular weight excluding hydrogens is 392 g/mol. The summed E-state index contributed by atoms with van der Waals surface area (Å²) in [5.74, 6) is -0.676. The molecule has 28 heavy (non-hydrogen) atoms. The summed E-state index contributed by atoms with van der Waals surface area (Å²) >= 11 is 1.14. The Balaban J connectivity index is 1.77. The van der Waals surface area contributed by atoms with Gasteiger partial charge in [0.2, 0.25) is 0 Å². The summed E-state index contributed by atoms with van der Waals surface area (Å²) in [6, 6.07) is 10.1. The fourth-order valence-corrected chi connectivity index (χ4v) is 3.13. The van der Waals surface area contributed by atoms with E-state index >= 15 is 0 Å². The van der Waals surface area contributed by atoms with Crippen LogP contribution >= 0.6 is 11.3 Å². The predicted molar refractivity (Wildman–Crippen MR) is 100.0 cm³/mol. The number of ether oxygens (including phenoxy) is 1. The highest BCUT2D eigenvalue weighted by Crippen LogP contribution is 2.29. The number of nitrogens with one attached hydrogen (secondary N) is 1. The van der Waals surface area contributed by atoms with E-state index in [-0.39, 0.29) is 22.1 Å². The van der Waals surface area contributed by atoms with E-state index in [2.05, 4.69) is 15.0 Å². The molecule has 0 aliphatic carbocycles. The van der Waals surface area contributed by atoms with Crippen LogP contribution in [0.4, 0.5) is 19.6 Å². The molecule has 1 aromatic heterocycles. The Morgan fingerprint density at radius 2 is 2.07 bits per heavy atom. The average Bonchev–Trinajstić information content (AvgIpc) is 3.10. The third-order valence-electron chi connectivity index (χ3n) is 3.75. The largest absolute Gasteiger partial charge is 0.435 e. The van der Waals surface area contributed by atoms with Crippen molar-refractivity contribution in [2.75, 3.05) is 5.32 Å². The van der Waals surface area contributed by atoms with Crippen LogP contribution in [0.25, 0.3) is 11.3 Å². The van der Waals surface area contributed by atoms with Crippen molar-refractivity contribution in [3.8, 4) is 17.0 Å². The van der Waals surface area contributed by atoms with Gasteiger partial charge in [-0.1, -0.05) is 18.2 Å². The number of hydrogen-bond acceptors (Lipinski definition) is 6. The molecule has 7 nitrogen and oxygen atoms in total. The fraction of sp³-hybridized carbons (Fsp3) is 0.111. The van der Waals surface area contributed by atoms with E-state index in [1.165, 1.54) is 30.3 Å². The van der Waals surface area contributed by atoms with Crippen LogP contribution in [0.2, 0.25) is 0 Å². The maximum atomic E-state index is 12.3. The Morgan fingerprint density at radius 3 is 2.79 bits per heavy atom. The maximum absolute atomic E-state index is 12.3. The van der Waals surface area contributed by atoms with Gasteiger partial charge < -0.3 is 4.74 Å². The molecule has 144 valence electrons. The first-order chi connectivity index (χ1) is 13.3. The number of alkyl halides is 2. The monoisotopic (exact) mass is 405 g/mol. The SMILES string of the molecule is Cc1ccc(-c2csc(NC(=O)c3cccc(OC(F)F)c3)n2)cc1[N+](=O)[O-]. The lowest BCUT2D eigenvalue weighted by Crippen LogP contribution is -2.12. The number of halogens is 2. The predicted octanol–water partition coefficient (Wildman–Crippen LogP) is 4.88. The number of carbonyl (C=O) groups excluding carboxylic acids is 1. The number of nitrogens with zero attached hydrogens (tertiary/aromatic N) is 2. The van der Waals surface area contributed by atoms with Crippen molar-refractivity contribution in [1.82, 2.24) is 4.98 Å². The summed E-state index contributed by atoms with van der Waals surface area (Å²) in [6.07, 6.45) is 0. The van der Waals surface area contributed by atoms with Gasteiger partial charge >= 0.3 is 6.61 Å². The average molecular weight is 405 g/mol. The summed E-state index contributed by atoms with van der Waals surface area (Å²) in [5.41, 5.74) is 1.65. The zero-order chi connectivity index (χ0) is 20.3. The molecule has 0 aliphatic heterocycles. The minimum Gasteiger partial charge on any atom is -0.435 e. The molecule has 1 N–H and O–H groups in total. The van der Waals surface area contributed by atoms with Crippen LogP contribution in [0.3, 0.4) is 0 Å². The molecule has 0 radical (unpaired) electrons. The van der Waals surface area contributed by atoms with E-state index in [1.54, 1.807) is 24.4 Å². The van der Waals surface area contributed by atoms with Gasteiger partial charge in [0.1, 0.15) is 5.75 Å². The van der Waals surface area contributed by atoms with E-state index in [0.717, 1.165) is 11.3 Å². The Morgan fingerprint density at radius 1 is 1.29 bits per heavy atom. The van der Waals surface area contributed by atoms with Crippen LogP contribution in [0.1, 0.15) is 15.9 Å². The van der Waals surface area contributed by atoms with Crippen LogP contribution in [0.5, 0.6) is 5.75 Å². The topological polar surface area (TPSA) is 94.4 Å². The Bertz CT molecular complexity index is 1040. The molecule has 1 amide bonds. The van der Waals surface area contributed by atoms with Crippen molar-refractivity contribution in [2.45, 2.75) is 13.5 Å². The van der Waals surface area contributed by atoms with Crippen LogP contribution in [-0.4, -0.2) is 22.4 Å². The Kier molecular flexibility index (Phi) is 5.59. The molecule has 1 heterocycles. The van der Waals surface area contributed by atoms with E-state index in [0.29, 0.717) is 16.8 Å². The molecule has 3 rings (SSSR count). The Hall–Kier alpha value is -3.40. The van der Waals surface area contributed by atoms with Gasteiger partial charge in [-0.2, -0.15) is 8.78 Å². The summed E-state index contributed by atoms with van der Waals surface area (Å²) in [4.78, 5) is 27.2. The van der Waals surface area contributed by atoms with Gasteiger partial charge in [0.15, 0.2) is 5.13 Å². The normalized spacial score (nSPS) is 10.7. The standard InChI is InChI=1S/C18H13F2N3O4S/c1-10-5-6-11(8-15(10)23(25)26)14-9-28-18(21-14)22-16(24)12-3-2-4-13(7-12)27-17(19)20/h2-9,17H,1H3,(H,21,22,24). The van der Waals surface area contributed by atoms with Gasteiger partial charge in [-0.25, -0.2) is 4.98 Å². The summed E-state index contributed by atoms with van der Waals surface area (Å²) < 4.78 is 28.9. The Labute approximate surface area is 161 Å². The number of aromatic nitrogens is 1. The van der Waals surface area contributed by atoms with Crippen molar-refractivity contribution in [2.24, 2.45) is 0 Å². The lowest BCUT2D eigenvalue weighted by Gasteiger charge is -2.06. The third-order valence-corrected chi connectivity index (χ3v) is 4.51. The molecule has 0 unspecified atom stereocenters. The van der Waals surface area contributed by atoms with Gasteiger partial charge in [-0.05, 0) is 25.1 Å². The summed E-state index contributed by atoms with van der Waals surface area (Å²) in [5, 5.41) is 15.6. The van der Waals surface area contributed by atoms with Crippen molar-refractivity contribution in [3.63, 3.8) is 0 Å². The summed E-state index contributed by atoms with van der Waals surface area (Å²) in [6.45, 7) is -1.35. The van der Waals surface area contributed by atoms with Crippen molar-refractivity contribution in [1.29, 1.82) is 0 Å². The molecule has 0 saturated carbocycles. The number of thiazole rings is 1. The second kappa shape index (κ2) is 8.09. The van der Waals surface area contributed by atoms with Crippen LogP contribution in [-0.2, 0) is 0 Å². The van der Waals surface area contributed by atoms with Crippen LogP contribution in [0, 0.1) is 17.0 Å². The van der Waals surface area contributed by atoms with E-state index in [9.17, 15) is 23.7 Å². The number of nitro benzene ring substituents is 1. The number of benzene rings is 2. The minimum atomic E-state index is -2.99. The zero-order valence-corrected chi connectivity index (χ0v) is 15.2. The molecule has 3 aromatic rings. The molecule has 0 fully saturated rings. The number of hydrogen-bond donors (Lipinski definition) is 1. The van der Waals surface area contributed by atoms with Gasteiger partial charge in [0.05, 0.1) is 10.6 Å². The maximum Gasteiger partial charge on any atom is 0.387 e. The number of rotatable bonds is 6. The van der Waals surface area contributed by atoms with Gasteiger partial charge in [0, 0.05) is 28.1 Å². The molecule has 0 bridgehead atoms.